The molecule has 0 aliphatic carbocycles. The number of thiazole rings is 1. The van der Waals surface area contributed by atoms with Crippen LogP contribution in [0.4, 0.5) is 5.13 Å². The first-order valence-electron chi connectivity index (χ1n) is 5.88. The standard InChI is InChI=1S/C14H12ClN3S/c1-18(9-10-4-6-16-7-5-10)14-17-12-3-2-11(15)8-13(12)19-14/h2-8H,9H2,1H3. The first-order chi connectivity index (χ1) is 9.22. The van der Waals surface area contributed by atoms with E-state index in [1.165, 1.54) is 5.56 Å². The molecular formula is C14H12ClN3S. The molecule has 5 heteroatoms. The normalized spacial score (nSPS) is 10.8. The smallest absolute Gasteiger partial charge is 0.186 e. The number of pyridine rings is 1. The summed E-state index contributed by atoms with van der Waals surface area (Å²) in [6.07, 6.45) is 3.61. The van der Waals surface area contributed by atoms with Gasteiger partial charge in [0.2, 0.25) is 0 Å². The van der Waals surface area contributed by atoms with Gasteiger partial charge in [-0.15, -0.1) is 0 Å². The maximum absolute atomic E-state index is 6.00. The molecular weight excluding hydrogens is 278 g/mol. The molecule has 3 rings (SSSR count). The van der Waals surface area contributed by atoms with Crippen LogP contribution < -0.4 is 4.90 Å². The van der Waals surface area contributed by atoms with Crippen molar-refractivity contribution in [2.24, 2.45) is 0 Å². The van der Waals surface area contributed by atoms with Crippen molar-refractivity contribution < 1.29 is 0 Å². The average molecular weight is 290 g/mol. The number of aromatic nitrogens is 2. The summed E-state index contributed by atoms with van der Waals surface area (Å²) in [5, 5.41) is 1.74. The van der Waals surface area contributed by atoms with E-state index in [1.54, 1.807) is 23.7 Å². The third-order valence-electron chi connectivity index (χ3n) is 2.83. The van der Waals surface area contributed by atoms with Crippen molar-refractivity contribution in [3.8, 4) is 0 Å². The number of rotatable bonds is 3. The predicted molar refractivity (Wildman–Crippen MR) is 81.0 cm³/mol. The minimum Gasteiger partial charge on any atom is -0.347 e. The second kappa shape index (κ2) is 5.15. The van der Waals surface area contributed by atoms with Gasteiger partial charge in [-0.1, -0.05) is 22.9 Å². The maximum Gasteiger partial charge on any atom is 0.186 e. The van der Waals surface area contributed by atoms with Crippen LogP contribution in [0.15, 0.2) is 42.7 Å². The SMILES string of the molecule is CN(Cc1ccncc1)c1nc2ccc(Cl)cc2s1. The van der Waals surface area contributed by atoms with E-state index in [9.17, 15) is 0 Å². The molecule has 0 aliphatic rings. The summed E-state index contributed by atoms with van der Waals surface area (Å²) < 4.78 is 1.11. The zero-order valence-corrected chi connectivity index (χ0v) is 11.9. The molecule has 0 N–H and O–H groups in total. The molecule has 0 aliphatic heterocycles. The van der Waals surface area contributed by atoms with Crippen LogP contribution in [0.25, 0.3) is 10.2 Å². The second-order valence-electron chi connectivity index (χ2n) is 4.32. The Labute approximate surface area is 120 Å². The summed E-state index contributed by atoms with van der Waals surface area (Å²) >= 11 is 7.65. The molecule has 96 valence electrons. The second-order valence-corrected chi connectivity index (χ2v) is 5.77. The summed E-state index contributed by atoms with van der Waals surface area (Å²) in [4.78, 5) is 10.8. The lowest BCUT2D eigenvalue weighted by molar-refractivity contribution is 0.914. The van der Waals surface area contributed by atoms with Gasteiger partial charge < -0.3 is 4.90 Å². The van der Waals surface area contributed by atoms with Gasteiger partial charge in [-0.3, -0.25) is 4.98 Å². The third-order valence-corrected chi connectivity index (χ3v) is 4.20. The largest absolute Gasteiger partial charge is 0.347 e. The van der Waals surface area contributed by atoms with Crippen molar-refractivity contribution in [1.82, 2.24) is 9.97 Å². The van der Waals surface area contributed by atoms with Crippen LogP contribution in [0.5, 0.6) is 0 Å². The molecule has 0 atom stereocenters. The van der Waals surface area contributed by atoms with E-state index in [4.69, 9.17) is 11.6 Å². The fourth-order valence-electron chi connectivity index (χ4n) is 1.88. The third kappa shape index (κ3) is 2.69. The number of halogens is 1. The van der Waals surface area contributed by atoms with Gasteiger partial charge in [0.1, 0.15) is 0 Å². The van der Waals surface area contributed by atoms with Crippen LogP contribution in [0.2, 0.25) is 5.02 Å². The fraction of sp³-hybridized carbons (Fsp3) is 0.143. The molecule has 0 spiro atoms. The molecule has 0 fully saturated rings. The molecule has 0 saturated heterocycles. The van der Waals surface area contributed by atoms with Crippen molar-refractivity contribution in [1.29, 1.82) is 0 Å². The molecule has 0 amide bonds. The molecule has 1 aromatic carbocycles. The van der Waals surface area contributed by atoms with Crippen LogP contribution in [-0.4, -0.2) is 17.0 Å². The number of fused-ring (bicyclic) bond motifs is 1. The Kier molecular flexibility index (Phi) is 3.36. The van der Waals surface area contributed by atoms with Crippen LogP contribution in [-0.2, 0) is 6.54 Å². The number of nitrogens with zero attached hydrogens (tertiary/aromatic N) is 3. The molecule has 2 aromatic heterocycles. The van der Waals surface area contributed by atoms with Gasteiger partial charge in [-0.05, 0) is 35.9 Å². The molecule has 3 nitrogen and oxygen atoms in total. The summed E-state index contributed by atoms with van der Waals surface area (Å²) in [5.41, 5.74) is 2.21. The first-order valence-corrected chi connectivity index (χ1v) is 7.08. The Morgan fingerprint density at radius 2 is 2.00 bits per heavy atom. The first kappa shape index (κ1) is 12.4. The highest BCUT2D eigenvalue weighted by atomic mass is 35.5. The van der Waals surface area contributed by atoms with Crippen LogP contribution in [0.3, 0.4) is 0 Å². The Bertz CT molecular complexity index is 696. The van der Waals surface area contributed by atoms with Gasteiger partial charge in [0.25, 0.3) is 0 Å². The van der Waals surface area contributed by atoms with E-state index in [-0.39, 0.29) is 0 Å². The highest BCUT2D eigenvalue weighted by Gasteiger charge is 2.09. The zero-order valence-electron chi connectivity index (χ0n) is 10.4. The number of benzene rings is 1. The van der Waals surface area contributed by atoms with E-state index < -0.39 is 0 Å². The predicted octanol–water partition coefficient (Wildman–Crippen LogP) is 3.98. The van der Waals surface area contributed by atoms with Gasteiger partial charge in [-0.25, -0.2) is 4.98 Å². The van der Waals surface area contributed by atoms with Gasteiger partial charge in [-0.2, -0.15) is 0 Å². The number of anilines is 1. The monoisotopic (exact) mass is 289 g/mol. The molecule has 0 unspecified atom stereocenters. The van der Waals surface area contributed by atoms with Crippen molar-refractivity contribution >= 4 is 38.3 Å². The van der Waals surface area contributed by atoms with E-state index in [0.29, 0.717) is 0 Å². The van der Waals surface area contributed by atoms with Crippen molar-refractivity contribution in [2.75, 3.05) is 11.9 Å². The lowest BCUT2D eigenvalue weighted by Gasteiger charge is -2.15. The van der Waals surface area contributed by atoms with Crippen LogP contribution >= 0.6 is 22.9 Å². The van der Waals surface area contributed by atoms with E-state index in [0.717, 1.165) is 26.9 Å². The number of hydrogen-bond donors (Lipinski definition) is 0. The topological polar surface area (TPSA) is 29.0 Å². The lowest BCUT2D eigenvalue weighted by Crippen LogP contribution is -2.15. The molecule has 0 radical (unpaired) electrons. The Morgan fingerprint density at radius 1 is 1.21 bits per heavy atom. The van der Waals surface area contributed by atoms with Crippen molar-refractivity contribution in [2.45, 2.75) is 6.54 Å². The molecule has 19 heavy (non-hydrogen) atoms. The quantitative estimate of drug-likeness (QED) is 0.730. The number of hydrogen-bond acceptors (Lipinski definition) is 4. The molecule has 2 heterocycles. The van der Waals surface area contributed by atoms with Gasteiger partial charge in [0.15, 0.2) is 5.13 Å². The minimum absolute atomic E-state index is 0.750. The highest BCUT2D eigenvalue weighted by Crippen LogP contribution is 2.30. The van der Waals surface area contributed by atoms with E-state index in [1.807, 2.05) is 37.4 Å². The summed E-state index contributed by atoms with van der Waals surface area (Å²) in [6, 6.07) is 9.81. The highest BCUT2D eigenvalue weighted by molar-refractivity contribution is 7.22. The summed E-state index contributed by atoms with van der Waals surface area (Å²) in [6.45, 7) is 0.816. The minimum atomic E-state index is 0.750. The van der Waals surface area contributed by atoms with Crippen molar-refractivity contribution in [3.05, 3.63) is 53.3 Å². The van der Waals surface area contributed by atoms with Crippen LogP contribution in [0.1, 0.15) is 5.56 Å². The Balaban J connectivity index is 1.87. The molecule has 3 aromatic rings. The molecule has 0 saturated carbocycles. The fourth-order valence-corrected chi connectivity index (χ4v) is 3.08. The van der Waals surface area contributed by atoms with Crippen LogP contribution in [0, 0.1) is 0 Å². The maximum atomic E-state index is 6.00. The van der Waals surface area contributed by atoms with Gasteiger partial charge in [0, 0.05) is 31.0 Å². The lowest BCUT2D eigenvalue weighted by atomic mass is 10.2. The van der Waals surface area contributed by atoms with E-state index >= 15 is 0 Å². The Morgan fingerprint density at radius 3 is 2.79 bits per heavy atom. The van der Waals surface area contributed by atoms with Crippen molar-refractivity contribution in [3.63, 3.8) is 0 Å². The zero-order chi connectivity index (χ0) is 13.2. The average Bonchev–Trinajstić information content (AvgIpc) is 2.83. The van der Waals surface area contributed by atoms with E-state index in [2.05, 4.69) is 14.9 Å². The summed E-state index contributed by atoms with van der Waals surface area (Å²) in [5.74, 6) is 0. The summed E-state index contributed by atoms with van der Waals surface area (Å²) in [7, 11) is 2.04. The molecule has 0 bridgehead atoms. The Hall–Kier alpha value is -1.65. The van der Waals surface area contributed by atoms with Gasteiger partial charge in [0.05, 0.1) is 10.2 Å². The van der Waals surface area contributed by atoms with Gasteiger partial charge >= 0.3 is 0 Å².